The molecule has 0 unspecified atom stereocenters. The number of nitrogens with zero attached hydrogens (tertiary/aromatic N) is 2. The van der Waals surface area contributed by atoms with E-state index in [0.717, 1.165) is 33.9 Å². The van der Waals surface area contributed by atoms with E-state index < -0.39 is 0 Å². The molecule has 2 nitrogen and oxygen atoms in total. The summed E-state index contributed by atoms with van der Waals surface area (Å²) in [5.41, 5.74) is 5.08. The van der Waals surface area contributed by atoms with Gasteiger partial charge in [-0.3, -0.25) is 0 Å². The van der Waals surface area contributed by atoms with Crippen molar-refractivity contribution in [3.05, 3.63) is 133 Å². The van der Waals surface area contributed by atoms with Crippen LogP contribution in [0.2, 0.25) is 0 Å². The first kappa shape index (κ1) is 25.4. The summed E-state index contributed by atoms with van der Waals surface area (Å²) in [6.45, 7) is 0. The first-order chi connectivity index (χ1) is 22.2. The Labute approximate surface area is 270 Å². The van der Waals surface area contributed by atoms with Gasteiger partial charge in [-0.25, -0.2) is 9.97 Å². The minimum atomic E-state index is 0.743. The lowest BCUT2D eigenvalue weighted by atomic mass is 10.0. The molecule has 0 saturated heterocycles. The van der Waals surface area contributed by atoms with Gasteiger partial charge in [0.15, 0.2) is 5.82 Å². The van der Waals surface area contributed by atoms with Gasteiger partial charge in [0.1, 0.15) is 0 Å². The summed E-state index contributed by atoms with van der Waals surface area (Å²) in [6.07, 6.45) is 0. The van der Waals surface area contributed by atoms with Crippen LogP contribution in [0.4, 0.5) is 0 Å². The van der Waals surface area contributed by atoms with Gasteiger partial charge in [-0.1, -0.05) is 78.9 Å². The van der Waals surface area contributed by atoms with Gasteiger partial charge in [-0.15, -0.1) is 34.0 Å². The fourth-order valence-corrected chi connectivity index (χ4v) is 9.83. The number of thiophene rings is 3. The van der Waals surface area contributed by atoms with E-state index in [-0.39, 0.29) is 0 Å². The van der Waals surface area contributed by atoms with Crippen LogP contribution in [0.5, 0.6) is 0 Å². The van der Waals surface area contributed by atoms with E-state index in [2.05, 4.69) is 133 Å². The first-order valence-corrected chi connectivity index (χ1v) is 17.3. The molecule has 0 amide bonds. The summed E-state index contributed by atoms with van der Waals surface area (Å²) in [5.74, 6) is 0.743. The minimum absolute atomic E-state index is 0.743. The lowest BCUT2D eigenvalue weighted by Crippen LogP contribution is -1.96. The molecule has 45 heavy (non-hydrogen) atoms. The topological polar surface area (TPSA) is 25.8 Å². The van der Waals surface area contributed by atoms with E-state index in [1.54, 1.807) is 0 Å². The fraction of sp³-hybridized carbons (Fsp3) is 0. The quantitative estimate of drug-likeness (QED) is 0.195. The summed E-state index contributed by atoms with van der Waals surface area (Å²) in [6, 6.07) is 48.3. The Morgan fingerprint density at radius 3 is 1.29 bits per heavy atom. The zero-order valence-electron chi connectivity index (χ0n) is 23.8. The van der Waals surface area contributed by atoms with Crippen LogP contribution in [-0.4, -0.2) is 9.97 Å². The number of hydrogen-bond acceptors (Lipinski definition) is 5. The molecule has 0 aliphatic carbocycles. The van der Waals surface area contributed by atoms with Gasteiger partial charge in [-0.05, 0) is 54.6 Å². The summed E-state index contributed by atoms with van der Waals surface area (Å²) in [7, 11) is 0. The molecule has 0 bridgehead atoms. The summed E-state index contributed by atoms with van der Waals surface area (Å²) >= 11 is 5.51. The third-order valence-corrected chi connectivity index (χ3v) is 12.1. The maximum Gasteiger partial charge on any atom is 0.160 e. The van der Waals surface area contributed by atoms with Crippen molar-refractivity contribution in [3.63, 3.8) is 0 Å². The Kier molecular flexibility index (Phi) is 5.52. The van der Waals surface area contributed by atoms with E-state index in [4.69, 9.17) is 9.97 Å². The summed E-state index contributed by atoms with van der Waals surface area (Å²) in [5, 5.41) is 7.70. The van der Waals surface area contributed by atoms with Crippen LogP contribution < -0.4 is 0 Å². The molecular weight excluding hydrogens is 605 g/mol. The van der Waals surface area contributed by atoms with Crippen LogP contribution in [0.25, 0.3) is 94.4 Å². The van der Waals surface area contributed by atoms with Gasteiger partial charge >= 0.3 is 0 Å². The second kappa shape index (κ2) is 9.78. The van der Waals surface area contributed by atoms with Gasteiger partial charge in [0, 0.05) is 77.2 Å². The van der Waals surface area contributed by atoms with Crippen molar-refractivity contribution < 1.29 is 0 Å². The second-order valence-electron chi connectivity index (χ2n) is 11.4. The van der Waals surface area contributed by atoms with E-state index in [0.29, 0.717) is 0 Å². The average molecular weight is 627 g/mol. The van der Waals surface area contributed by atoms with E-state index in [1.165, 1.54) is 60.5 Å². The number of aromatic nitrogens is 2. The number of fused-ring (bicyclic) bond motifs is 9. The molecule has 0 aliphatic heterocycles. The number of benzene rings is 6. The number of rotatable bonds is 3. The molecule has 0 spiro atoms. The van der Waals surface area contributed by atoms with E-state index in [1.807, 2.05) is 34.0 Å². The summed E-state index contributed by atoms with van der Waals surface area (Å²) < 4.78 is 7.75. The highest BCUT2D eigenvalue weighted by Crippen LogP contribution is 2.40. The van der Waals surface area contributed by atoms with Crippen molar-refractivity contribution in [3.8, 4) is 33.9 Å². The Bertz CT molecular complexity index is 2650. The molecule has 0 aliphatic rings. The van der Waals surface area contributed by atoms with Gasteiger partial charge in [0.25, 0.3) is 0 Å². The largest absolute Gasteiger partial charge is 0.228 e. The Morgan fingerprint density at radius 2 is 0.733 bits per heavy atom. The Balaban J connectivity index is 1.20. The molecule has 0 radical (unpaired) electrons. The van der Waals surface area contributed by atoms with Crippen molar-refractivity contribution in [2.75, 3.05) is 0 Å². The van der Waals surface area contributed by atoms with Gasteiger partial charge in [0.05, 0.1) is 11.4 Å². The average Bonchev–Trinajstić information content (AvgIpc) is 3.78. The molecule has 4 aromatic heterocycles. The van der Waals surface area contributed by atoms with Crippen LogP contribution in [0.1, 0.15) is 0 Å². The molecule has 0 N–H and O–H groups in total. The molecule has 0 atom stereocenters. The van der Waals surface area contributed by atoms with Gasteiger partial charge < -0.3 is 0 Å². The van der Waals surface area contributed by atoms with Crippen LogP contribution in [0.3, 0.4) is 0 Å². The zero-order chi connectivity index (χ0) is 29.5. The molecule has 5 heteroatoms. The van der Waals surface area contributed by atoms with Gasteiger partial charge in [0.2, 0.25) is 0 Å². The molecule has 0 saturated carbocycles. The van der Waals surface area contributed by atoms with Crippen molar-refractivity contribution in [1.82, 2.24) is 9.97 Å². The fourth-order valence-electron chi connectivity index (χ4n) is 6.51. The van der Waals surface area contributed by atoms with Crippen LogP contribution in [0, 0.1) is 0 Å². The molecule has 6 aromatic carbocycles. The maximum absolute atomic E-state index is 5.23. The van der Waals surface area contributed by atoms with Crippen molar-refractivity contribution in [2.24, 2.45) is 0 Å². The standard InChI is InChI=1S/C40H22N2S3/c1-4-10-34-26(7-1)29-16-13-25(21-39(29)45-34)40-41-32(23-14-17-37-30(19-23)27-8-2-5-11-35(27)43-37)22-33(42-40)24-15-18-38-31(20-24)28-9-3-6-12-36(28)44-38/h1-22H. The highest BCUT2D eigenvalue weighted by atomic mass is 32.1. The van der Waals surface area contributed by atoms with Gasteiger partial charge in [-0.2, -0.15) is 0 Å². The maximum atomic E-state index is 5.23. The van der Waals surface area contributed by atoms with Crippen molar-refractivity contribution in [1.29, 1.82) is 0 Å². The van der Waals surface area contributed by atoms with Crippen molar-refractivity contribution >= 4 is 94.5 Å². The zero-order valence-corrected chi connectivity index (χ0v) is 26.3. The highest BCUT2D eigenvalue weighted by molar-refractivity contribution is 7.26. The molecule has 10 rings (SSSR count). The van der Waals surface area contributed by atoms with Crippen LogP contribution >= 0.6 is 34.0 Å². The molecule has 0 fully saturated rings. The molecule has 210 valence electrons. The first-order valence-electron chi connectivity index (χ1n) is 14.9. The number of hydrogen-bond donors (Lipinski definition) is 0. The van der Waals surface area contributed by atoms with Crippen LogP contribution in [-0.2, 0) is 0 Å². The third kappa shape index (κ3) is 4.05. The summed E-state index contributed by atoms with van der Waals surface area (Å²) in [4.78, 5) is 10.5. The monoisotopic (exact) mass is 626 g/mol. The van der Waals surface area contributed by atoms with E-state index >= 15 is 0 Å². The lowest BCUT2D eigenvalue weighted by Gasteiger charge is -2.10. The predicted molar refractivity (Wildman–Crippen MR) is 197 cm³/mol. The SMILES string of the molecule is c1ccc2c(c1)sc1cc(-c3nc(-c4ccc5sc6ccccc6c5c4)cc(-c4ccc5sc6ccccc6c5c4)n3)ccc12. The smallest absolute Gasteiger partial charge is 0.160 e. The third-order valence-electron chi connectivity index (χ3n) is 8.71. The van der Waals surface area contributed by atoms with Crippen molar-refractivity contribution in [2.45, 2.75) is 0 Å². The highest BCUT2D eigenvalue weighted by Gasteiger charge is 2.15. The van der Waals surface area contributed by atoms with Crippen LogP contribution in [0.15, 0.2) is 133 Å². The Hall–Kier alpha value is -4.94. The minimum Gasteiger partial charge on any atom is -0.228 e. The Morgan fingerprint density at radius 1 is 0.311 bits per heavy atom. The lowest BCUT2D eigenvalue weighted by molar-refractivity contribution is 1.19. The second-order valence-corrected chi connectivity index (χ2v) is 14.6. The predicted octanol–water partition coefficient (Wildman–Crippen LogP) is 12.6. The molecular formula is C40H22N2S3. The molecule has 4 heterocycles. The van der Waals surface area contributed by atoms with E-state index in [9.17, 15) is 0 Å². The normalized spacial score (nSPS) is 12.0. The molecule has 10 aromatic rings.